The van der Waals surface area contributed by atoms with E-state index in [0.717, 1.165) is 12.8 Å². The summed E-state index contributed by atoms with van der Waals surface area (Å²) >= 11 is 0. The molecule has 1 N–H and O–H groups in total. The average Bonchev–Trinajstić information content (AvgIpc) is 2.95. The first-order valence-corrected chi connectivity index (χ1v) is 7.34. The lowest BCUT2D eigenvalue weighted by Crippen LogP contribution is -2.34. The van der Waals surface area contributed by atoms with Gasteiger partial charge in [0.2, 0.25) is 10.0 Å². The van der Waals surface area contributed by atoms with Crippen molar-refractivity contribution in [2.24, 2.45) is 13.0 Å². The number of nitrogens with zero attached hydrogens (tertiary/aromatic N) is 2. The van der Waals surface area contributed by atoms with E-state index in [1.54, 1.807) is 25.6 Å². The van der Waals surface area contributed by atoms with Gasteiger partial charge in [-0.1, -0.05) is 0 Å². The molecule has 0 spiro atoms. The summed E-state index contributed by atoms with van der Waals surface area (Å²) in [5.74, 6) is 0.502. The van der Waals surface area contributed by atoms with E-state index in [1.165, 1.54) is 0 Å². The van der Waals surface area contributed by atoms with Gasteiger partial charge in [0.1, 0.15) is 4.90 Å². The Morgan fingerprint density at radius 3 is 2.41 bits per heavy atom. The molecular formula is C11H19N3O2S. The van der Waals surface area contributed by atoms with Crippen LogP contribution in [-0.4, -0.2) is 24.2 Å². The standard InChI is InChI=1S/C11H19N3O2S/c1-7(10-5-6-10)13-17(15,16)11-8(2)12-14(4)9(11)3/h7,10,13H,5-6H2,1-4H3/t7-/m1/s1. The molecule has 0 amide bonds. The molecule has 1 aromatic heterocycles. The Kier molecular flexibility index (Phi) is 3.03. The minimum Gasteiger partial charge on any atom is -0.271 e. The van der Waals surface area contributed by atoms with E-state index in [9.17, 15) is 8.42 Å². The van der Waals surface area contributed by atoms with Gasteiger partial charge in [-0.3, -0.25) is 4.68 Å². The minimum absolute atomic E-state index is 0.0130. The van der Waals surface area contributed by atoms with Gasteiger partial charge in [-0.05, 0) is 39.5 Å². The highest BCUT2D eigenvalue weighted by Crippen LogP contribution is 2.33. The van der Waals surface area contributed by atoms with Crippen molar-refractivity contribution < 1.29 is 8.42 Å². The first-order chi connectivity index (χ1) is 7.83. The Balaban J connectivity index is 2.30. The molecule has 0 saturated heterocycles. The number of aryl methyl sites for hydroxylation is 2. The molecule has 1 heterocycles. The van der Waals surface area contributed by atoms with E-state index in [1.807, 2.05) is 6.92 Å². The highest BCUT2D eigenvalue weighted by Gasteiger charge is 2.33. The molecule has 5 nitrogen and oxygen atoms in total. The second-order valence-corrected chi connectivity index (χ2v) is 6.52. The normalized spacial score (nSPS) is 18.4. The van der Waals surface area contributed by atoms with Crippen LogP contribution >= 0.6 is 0 Å². The molecule has 0 aliphatic heterocycles. The van der Waals surface area contributed by atoms with Gasteiger partial charge >= 0.3 is 0 Å². The van der Waals surface area contributed by atoms with Crippen LogP contribution in [0.3, 0.4) is 0 Å². The second kappa shape index (κ2) is 4.10. The van der Waals surface area contributed by atoms with Crippen LogP contribution in [0.4, 0.5) is 0 Å². The zero-order chi connectivity index (χ0) is 12.8. The SMILES string of the molecule is Cc1nn(C)c(C)c1S(=O)(=O)N[C@H](C)C1CC1. The van der Waals surface area contributed by atoms with Gasteiger partial charge in [-0.15, -0.1) is 0 Å². The first-order valence-electron chi connectivity index (χ1n) is 5.85. The smallest absolute Gasteiger partial charge is 0.244 e. The van der Waals surface area contributed by atoms with Crippen LogP contribution in [0.25, 0.3) is 0 Å². The summed E-state index contributed by atoms with van der Waals surface area (Å²) in [4.78, 5) is 0.326. The lowest BCUT2D eigenvalue weighted by Gasteiger charge is -2.13. The van der Waals surface area contributed by atoms with Crippen LogP contribution in [0.5, 0.6) is 0 Å². The van der Waals surface area contributed by atoms with Gasteiger partial charge in [0.25, 0.3) is 0 Å². The van der Waals surface area contributed by atoms with E-state index in [-0.39, 0.29) is 6.04 Å². The lowest BCUT2D eigenvalue weighted by molar-refractivity contribution is 0.537. The summed E-state index contributed by atoms with van der Waals surface area (Å²) in [7, 11) is -1.68. The molecule has 96 valence electrons. The molecule has 2 rings (SSSR count). The maximum atomic E-state index is 12.3. The van der Waals surface area contributed by atoms with Gasteiger partial charge in [0, 0.05) is 13.1 Å². The molecular weight excluding hydrogens is 238 g/mol. The number of nitrogens with one attached hydrogen (secondary N) is 1. The third kappa shape index (κ3) is 2.37. The number of hydrogen-bond acceptors (Lipinski definition) is 3. The molecule has 6 heteroatoms. The van der Waals surface area contributed by atoms with Crippen LogP contribution in [0.2, 0.25) is 0 Å². The fourth-order valence-corrected chi connectivity index (χ4v) is 3.89. The summed E-state index contributed by atoms with van der Waals surface area (Å²) in [5, 5.41) is 4.14. The molecule has 0 unspecified atom stereocenters. The van der Waals surface area contributed by atoms with Crippen molar-refractivity contribution in [2.75, 3.05) is 0 Å². The second-order valence-electron chi connectivity index (χ2n) is 4.87. The third-order valence-electron chi connectivity index (χ3n) is 3.38. The molecule has 0 radical (unpaired) electrons. The number of hydrogen-bond donors (Lipinski definition) is 1. The van der Waals surface area contributed by atoms with Gasteiger partial charge in [0.05, 0.1) is 11.4 Å². The Bertz CT molecular complexity index is 529. The van der Waals surface area contributed by atoms with Crippen LogP contribution in [-0.2, 0) is 17.1 Å². The van der Waals surface area contributed by atoms with Crippen molar-refractivity contribution in [1.29, 1.82) is 0 Å². The summed E-state index contributed by atoms with van der Waals surface area (Å²) in [6.45, 7) is 5.43. The average molecular weight is 257 g/mol. The fraction of sp³-hybridized carbons (Fsp3) is 0.727. The van der Waals surface area contributed by atoms with E-state index >= 15 is 0 Å². The molecule has 1 aromatic rings. The van der Waals surface area contributed by atoms with Gasteiger partial charge in [-0.25, -0.2) is 13.1 Å². The summed E-state index contributed by atoms with van der Waals surface area (Å²) in [6.07, 6.45) is 2.24. The predicted molar refractivity (Wildman–Crippen MR) is 65.2 cm³/mol. The zero-order valence-electron chi connectivity index (χ0n) is 10.7. The summed E-state index contributed by atoms with van der Waals surface area (Å²) in [6, 6.07) is 0.0130. The predicted octanol–water partition coefficient (Wildman–Crippen LogP) is 1.11. The highest BCUT2D eigenvalue weighted by atomic mass is 32.2. The van der Waals surface area contributed by atoms with Crippen LogP contribution in [0.15, 0.2) is 4.90 Å². The van der Waals surface area contributed by atoms with Gasteiger partial charge in [-0.2, -0.15) is 5.10 Å². The molecule has 0 aromatic carbocycles. The third-order valence-corrected chi connectivity index (χ3v) is 5.19. The monoisotopic (exact) mass is 257 g/mol. The lowest BCUT2D eigenvalue weighted by atomic mass is 10.2. The van der Waals surface area contributed by atoms with Gasteiger partial charge < -0.3 is 0 Å². The number of aromatic nitrogens is 2. The van der Waals surface area contributed by atoms with Crippen molar-refractivity contribution in [1.82, 2.24) is 14.5 Å². The van der Waals surface area contributed by atoms with Crippen molar-refractivity contribution in [3.05, 3.63) is 11.4 Å². The number of rotatable bonds is 4. The van der Waals surface area contributed by atoms with Crippen molar-refractivity contribution >= 4 is 10.0 Å². The Morgan fingerprint density at radius 2 is 2.00 bits per heavy atom. The van der Waals surface area contributed by atoms with Crippen molar-refractivity contribution in [2.45, 2.75) is 44.6 Å². The van der Waals surface area contributed by atoms with Crippen LogP contribution < -0.4 is 4.72 Å². The van der Waals surface area contributed by atoms with Crippen molar-refractivity contribution in [3.63, 3.8) is 0 Å². The fourth-order valence-electron chi connectivity index (χ4n) is 2.14. The van der Waals surface area contributed by atoms with E-state index in [4.69, 9.17) is 0 Å². The molecule has 1 aliphatic carbocycles. The molecule has 0 bridgehead atoms. The number of sulfonamides is 1. The Labute approximate surface area is 102 Å². The van der Waals surface area contributed by atoms with E-state index in [0.29, 0.717) is 22.2 Å². The molecule has 1 fully saturated rings. The topological polar surface area (TPSA) is 64.0 Å². The summed E-state index contributed by atoms with van der Waals surface area (Å²) < 4.78 is 28.9. The zero-order valence-corrected chi connectivity index (χ0v) is 11.5. The summed E-state index contributed by atoms with van der Waals surface area (Å²) in [5.41, 5.74) is 1.23. The van der Waals surface area contributed by atoms with Crippen LogP contribution in [0, 0.1) is 19.8 Å². The van der Waals surface area contributed by atoms with Crippen molar-refractivity contribution in [3.8, 4) is 0 Å². The van der Waals surface area contributed by atoms with E-state index < -0.39 is 10.0 Å². The van der Waals surface area contributed by atoms with Gasteiger partial charge in [0.15, 0.2) is 0 Å². The largest absolute Gasteiger partial charge is 0.271 e. The first kappa shape index (κ1) is 12.6. The molecule has 1 aliphatic rings. The highest BCUT2D eigenvalue weighted by molar-refractivity contribution is 7.89. The maximum Gasteiger partial charge on any atom is 0.244 e. The Hall–Kier alpha value is -0.880. The molecule has 1 atom stereocenters. The molecule has 17 heavy (non-hydrogen) atoms. The maximum absolute atomic E-state index is 12.3. The Morgan fingerprint density at radius 1 is 1.41 bits per heavy atom. The minimum atomic E-state index is -3.44. The quantitative estimate of drug-likeness (QED) is 0.879. The van der Waals surface area contributed by atoms with E-state index in [2.05, 4.69) is 9.82 Å². The molecule has 1 saturated carbocycles. The van der Waals surface area contributed by atoms with Crippen LogP contribution in [0.1, 0.15) is 31.2 Å².